The predicted molar refractivity (Wildman–Crippen MR) is 140 cm³/mol. The first-order chi connectivity index (χ1) is 14.2. The minimum absolute atomic E-state index is 0.834. The third-order valence-corrected chi connectivity index (χ3v) is 5.92. The highest BCUT2D eigenvalue weighted by Crippen LogP contribution is 2.16. The molecule has 0 amide bonds. The molecule has 0 nitrogen and oxygen atoms in total. The van der Waals surface area contributed by atoms with Crippen molar-refractivity contribution in [2.45, 2.75) is 132 Å². The van der Waals surface area contributed by atoms with Gasteiger partial charge in [-0.1, -0.05) is 87.1 Å². The maximum Gasteiger partial charge on any atom is -0.0288 e. The summed E-state index contributed by atoms with van der Waals surface area (Å²) in [4.78, 5) is 0. The van der Waals surface area contributed by atoms with Crippen molar-refractivity contribution in [1.82, 2.24) is 0 Å². The average molecular weight is 429 g/mol. The van der Waals surface area contributed by atoms with Crippen LogP contribution in [0.1, 0.15) is 132 Å². The van der Waals surface area contributed by atoms with Gasteiger partial charge in [0.15, 0.2) is 0 Å². The molecule has 0 radical (unpaired) electrons. The minimum Gasteiger partial charge on any atom is -0.0853 e. The largest absolute Gasteiger partial charge is 0.0853 e. The summed E-state index contributed by atoms with van der Waals surface area (Å²) in [5.74, 6) is 1.67. The summed E-state index contributed by atoms with van der Waals surface area (Å²) in [7, 11) is 0. The Morgan fingerprint density at radius 2 is 0.767 bits per heavy atom. The monoisotopic (exact) mass is 428 g/mol. The number of hydrogen-bond acceptors (Lipinski definition) is 0. The Kier molecular flexibility index (Phi) is 18.1. The van der Waals surface area contributed by atoms with E-state index in [0.29, 0.717) is 0 Å². The zero-order valence-corrected chi connectivity index (χ0v) is 21.9. The molecule has 0 spiro atoms. The van der Waals surface area contributed by atoms with Crippen LogP contribution in [0, 0.1) is 11.8 Å². The molecule has 0 aliphatic carbocycles. The second-order valence-electron chi connectivity index (χ2n) is 10.4. The SMILES string of the molecule is [13CH3]/C(=C\[13CH2][13CH2]/C=C(\[13CH3])C[13CH2]/C=C(\[13CH3])C[13CH2]CC([13CH3])[13CH3])C[13CH2]/C=C(\[13CH3])C[13CH2]CC([13CH3])[13CH3]. The number of rotatable bonds is 17. The van der Waals surface area contributed by atoms with Crippen LogP contribution < -0.4 is 0 Å². The lowest BCUT2D eigenvalue weighted by Crippen LogP contribution is -1.88. The fourth-order valence-corrected chi connectivity index (χ4v) is 3.74. The third kappa shape index (κ3) is 20.2. The van der Waals surface area contributed by atoms with E-state index in [2.05, 4.69) is 79.7 Å². The van der Waals surface area contributed by atoms with Gasteiger partial charge >= 0.3 is 0 Å². The highest BCUT2D eigenvalue weighted by atomic mass is 14.5. The summed E-state index contributed by atoms with van der Waals surface area (Å²) in [5, 5.41) is 0. The Morgan fingerprint density at radius 1 is 0.467 bits per heavy atom. The summed E-state index contributed by atoms with van der Waals surface area (Å²) < 4.78 is 0. The highest BCUT2D eigenvalue weighted by molar-refractivity contribution is 5.06. The van der Waals surface area contributed by atoms with E-state index < -0.39 is 0 Å². The molecule has 0 aromatic carbocycles. The Labute approximate surface area is 191 Å². The molecule has 30 heavy (non-hydrogen) atoms. The summed E-state index contributed by atoms with van der Waals surface area (Å²) in [5.41, 5.74) is 6.25. The quantitative estimate of drug-likeness (QED) is 0.123. The van der Waals surface area contributed by atoms with Gasteiger partial charge in [0.1, 0.15) is 0 Å². The molecule has 0 aromatic heterocycles. The van der Waals surface area contributed by atoms with E-state index in [4.69, 9.17) is 0 Å². The number of hydrogen-bond donors (Lipinski definition) is 0. The first-order valence-electron chi connectivity index (χ1n) is 12.8. The van der Waals surface area contributed by atoms with Gasteiger partial charge in [0.05, 0.1) is 0 Å². The topological polar surface area (TPSA) is 0 Å². The average Bonchev–Trinajstić information content (AvgIpc) is 2.64. The van der Waals surface area contributed by atoms with Crippen LogP contribution >= 0.6 is 0 Å². The fourth-order valence-electron chi connectivity index (χ4n) is 3.74. The van der Waals surface area contributed by atoms with Crippen LogP contribution in [0.4, 0.5) is 0 Å². The summed E-state index contributed by atoms with van der Waals surface area (Å²) in [6.45, 7) is 18.5. The van der Waals surface area contributed by atoms with Gasteiger partial charge in [-0.2, -0.15) is 0 Å². The van der Waals surface area contributed by atoms with Crippen LogP contribution in [0.25, 0.3) is 0 Å². The first-order valence-corrected chi connectivity index (χ1v) is 12.8. The van der Waals surface area contributed by atoms with Crippen LogP contribution in [0.15, 0.2) is 46.6 Å². The van der Waals surface area contributed by atoms with Gasteiger partial charge in [0, 0.05) is 0 Å². The van der Waals surface area contributed by atoms with Gasteiger partial charge in [-0.05, 0) is 104 Å². The molecule has 0 atom stereocenters. The second kappa shape index (κ2) is 18.7. The molecule has 0 aliphatic rings. The van der Waals surface area contributed by atoms with Crippen LogP contribution in [0.3, 0.4) is 0 Å². The lowest BCUT2D eigenvalue weighted by atomic mass is 10.3. The molecule has 0 bridgehead atoms. The standard InChI is InChI=1S/C30H54/c1-25(2)15-11-19-29(7)23-13-21-27(5)17-9-10-18-28(6)22-14-24-30(8)20-12-16-26(3)4/h17-18,23-26H,9-16,19-22H2,1-8H3/b27-17+,28-18+,29-23+,30-24+/i1+1,2+1,3+1,4+1,5+1,6+1,7+1,8+1,9+1,10+1,11+1,12+1,13+1,14+1. The lowest BCUT2D eigenvalue weighted by Gasteiger charge is -2.05. The molecular weight excluding hydrogens is 374 g/mol. The van der Waals surface area contributed by atoms with E-state index >= 15 is 0 Å². The summed E-state index contributed by atoms with van der Waals surface area (Å²) in [6, 6.07) is 0. The molecule has 0 heteroatoms. The van der Waals surface area contributed by atoms with Crippen molar-refractivity contribution in [2.75, 3.05) is 0 Å². The van der Waals surface area contributed by atoms with Crippen molar-refractivity contribution < 1.29 is 0 Å². The lowest BCUT2D eigenvalue weighted by molar-refractivity contribution is 0.554. The Hall–Kier alpha value is -1.04. The smallest absolute Gasteiger partial charge is 0.0288 e. The molecule has 0 fully saturated rings. The van der Waals surface area contributed by atoms with E-state index in [-0.39, 0.29) is 0 Å². The maximum absolute atomic E-state index is 2.46. The van der Waals surface area contributed by atoms with Crippen molar-refractivity contribution in [3.63, 3.8) is 0 Å². The van der Waals surface area contributed by atoms with E-state index in [1.54, 1.807) is 22.3 Å². The third-order valence-electron chi connectivity index (χ3n) is 5.92. The molecule has 0 rings (SSSR count). The molecule has 0 N–H and O–H groups in total. The zero-order valence-electron chi connectivity index (χ0n) is 21.9. The van der Waals surface area contributed by atoms with Gasteiger partial charge < -0.3 is 0 Å². The molecule has 0 aromatic rings. The molecule has 0 unspecified atom stereocenters. The number of unbranched alkanes of at least 4 members (excludes halogenated alkanes) is 1. The predicted octanol–water partition coefficient (Wildman–Crippen LogP) is 10.8. The zero-order chi connectivity index (χ0) is 22.8. The summed E-state index contributed by atoms with van der Waals surface area (Å²) >= 11 is 0. The van der Waals surface area contributed by atoms with Crippen LogP contribution in [0.2, 0.25) is 0 Å². The summed E-state index contributed by atoms with van der Waals surface area (Å²) in [6.07, 6.45) is 25.0. The van der Waals surface area contributed by atoms with Gasteiger partial charge in [0.2, 0.25) is 0 Å². The molecule has 174 valence electrons. The fraction of sp³-hybridized carbons (Fsp3) is 0.733. The van der Waals surface area contributed by atoms with E-state index in [1.165, 1.54) is 77.0 Å². The maximum atomic E-state index is 2.46. The van der Waals surface area contributed by atoms with Crippen molar-refractivity contribution in [2.24, 2.45) is 11.8 Å². The van der Waals surface area contributed by atoms with Crippen LogP contribution in [-0.4, -0.2) is 0 Å². The van der Waals surface area contributed by atoms with E-state index in [9.17, 15) is 0 Å². The Morgan fingerprint density at radius 3 is 1.10 bits per heavy atom. The van der Waals surface area contributed by atoms with Crippen molar-refractivity contribution in [3.05, 3.63) is 46.6 Å². The van der Waals surface area contributed by atoms with Crippen molar-refractivity contribution in [3.8, 4) is 0 Å². The second-order valence-corrected chi connectivity index (χ2v) is 10.4. The Balaban J connectivity index is 3.97. The number of allylic oxidation sites excluding steroid dienone is 8. The van der Waals surface area contributed by atoms with Crippen LogP contribution in [-0.2, 0) is 0 Å². The molecule has 0 aliphatic heterocycles. The molecule has 0 saturated carbocycles. The van der Waals surface area contributed by atoms with Crippen molar-refractivity contribution in [1.29, 1.82) is 0 Å². The minimum atomic E-state index is 0.834. The van der Waals surface area contributed by atoms with Gasteiger partial charge in [-0.25, -0.2) is 0 Å². The van der Waals surface area contributed by atoms with E-state index in [1.807, 2.05) is 0 Å². The Bertz CT molecular complexity index is 486. The molecular formula is C30H54. The van der Waals surface area contributed by atoms with Gasteiger partial charge in [0.25, 0.3) is 0 Å². The van der Waals surface area contributed by atoms with Crippen LogP contribution in [0.5, 0.6) is 0 Å². The molecule has 0 saturated heterocycles. The van der Waals surface area contributed by atoms with Gasteiger partial charge in [-0.15, -0.1) is 0 Å². The highest BCUT2D eigenvalue weighted by Gasteiger charge is 1.97. The van der Waals surface area contributed by atoms with Gasteiger partial charge in [-0.3, -0.25) is 0 Å². The van der Waals surface area contributed by atoms with E-state index in [0.717, 1.165) is 11.8 Å². The van der Waals surface area contributed by atoms with Crippen molar-refractivity contribution >= 4 is 0 Å². The normalized spacial score (nSPS) is 14.3. The molecule has 0 heterocycles. The first kappa shape index (κ1) is 29.0.